The quantitative estimate of drug-likeness (QED) is 0.180. The number of fused-ring (bicyclic) bond motifs is 4. The Morgan fingerprint density at radius 3 is 2.09 bits per heavy atom. The summed E-state index contributed by atoms with van der Waals surface area (Å²) in [5.41, 5.74) is 9.08. The van der Waals surface area contributed by atoms with E-state index in [0.717, 1.165) is 12.0 Å². The van der Waals surface area contributed by atoms with Gasteiger partial charge in [-0.1, -0.05) is 108 Å². The molecule has 5 aromatic rings. The van der Waals surface area contributed by atoms with Crippen molar-refractivity contribution in [3.8, 4) is 22.3 Å². The fourth-order valence-electron chi connectivity index (χ4n) is 4.27. The van der Waals surface area contributed by atoms with Gasteiger partial charge in [0, 0.05) is 0 Å². The molecule has 1 N–H and O–H groups in total. The Morgan fingerprint density at radius 1 is 0.676 bits per heavy atom. The predicted octanol–water partition coefficient (Wildman–Crippen LogP) is 8.43. The largest absolute Gasteiger partial charge is 0.125 e. The fourth-order valence-corrected chi connectivity index (χ4v) is 4.27. The topological polar surface area (TPSA) is 20.2 Å². The molecule has 0 heterocycles. The van der Waals surface area contributed by atoms with E-state index in [9.17, 15) is 0 Å². The third-order valence-electron chi connectivity index (χ3n) is 5.83. The second-order valence-corrected chi connectivity index (χ2v) is 10.4. The fraction of sp³-hybridized carbons (Fsp3) is 0.0667. The Balaban J connectivity index is 0.000000209. The van der Waals surface area contributed by atoms with Crippen LogP contribution in [0.2, 0.25) is 0 Å². The van der Waals surface area contributed by atoms with Gasteiger partial charge in [-0.2, -0.15) is 0 Å². The second-order valence-electron chi connectivity index (χ2n) is 7.84. The Bertz CT molecular complexity index is 1370. The van der Waals surface area contributed by atoms with Gasteiger partial charge < -0.3 is 5.11 Å². The first-order valence-electron chi connectivity index (χ1n) is 11.0. The van der Waals surface area contributed by atoms with Crippen molar-refractivity contribution < 1.29 is 22.1 Å². The maximum absolute atomic E-state index is 8.54. The van der Waals surface area contributed by atoms with Crippen molar-refractivity contribution >= 4 is 29.4 Å². The van der Waals surface area contributed by atoms with E-state index in [2.05, 4.69) is 84.9 Å². The zero-order chi connectivity index (χ0) is 23.8. The number of aliphatic hydroxyl groups is 1. The van der Waals surface area contributed by atoms with Gasteiger partial charge in [-0.05, 0) is 28.7 Å². The number of benzene rings is 5. The molecule has 0 saturated carbocycles. The molecule has 0 unspecified atom stereocenters. The molecule has 0 spiro atoms. The zero-order valence-corrected chi connectivity index (χ0v) is 21.6. The van der Waals surface area contributed by atoms with Gasteiger partial charge in [-0.25, -0.2) is 0 Å². The monoisotopic (exact) mass is 517 g/mol. The maximum Gasteiger partial charge on any atom is -0.00777 e. The third-order valence-corrected chi connectivity index (χ3v) is 5.83. The van der Waals surface area contributed by atoms with Crippen LogP contribution in [0.4, 0.5) is 0 Å². The molecular weight excluding hydrogens is 495 g/mol. The summed E-state index contributed by atoms with van der Waals surface area (Å²) in [6, 6.07) is 41.3. The van der Waals surface area contributed by atoms with Crippen LogP contribution in [-0.2, 0) is 30.1 Å². The molecule has 0 aromatic heterocycles. The minimum Gasteiger partial charge on any atom is -0.125 e. The van der Waals surface area contributed by atoms with E-state index < -0.39 is 17.0 Å². The average molecular weight is 518 g/mol. The molecule has 0 aliphatic heterocycles. The summed E-state index contributed by atoms with van der Waals surface area (Å²) in [5, 5.41) is 11.0. The number of hydrogen-bond donors (Lipinski definition) is 1. The van der Waals surface area contributed by atoms with E-state index in [0.29, 0.717) is 0 Å². The van der Waals surface area contributed by atoms with Crippen molar-refractivity contribution in [1.29, 1.82) is 0 Å². The molecule has 1 nitrogen and oxygen atoms in total. The van der Waals surface area contributed by atoms with Crippen molar-refractivity contribution in [2.24, 2.45) is 0 Å². The normalized spacial score (nSPS) is 10.8. The minimum atomic E-state index is -0.556. The Hall–Kier alpha value is -2.39. The molecule has 6 rings (SSSR count). The van der Waals surface area contributed by atoms with Crippen molar-refractivity contribution in [3.63, 3.8) is 0 Å². The van der Waals surface area contributed by atoms with Crippen LogP contribution in [-0.4, -0.2) is 5.11 Å². The van der Waals surface area contributed by atoms with Gasteiger partial charge in [0.1, 0.15) is 0 Å². The van der Waals surface area contributed by atoms with E-state index in [1.54, 1.807) is 0 Å². The molecule has 0 atom stereocenters. The van der Waals surface area contributed by atoms with Gasteiger partial charge >= 0.3 is 35.6 Å². The SMILES string of the molecule is OCc1ccccc1.[Cl][Ti][Cl].[c-]1c(-c2cccc3c2Cc2ccccc2-3)ccc2ccccc12. The molecule has 4 heteroatoms. The number of aliphatic hydroxyl groups excluding tert-OH is 1. The first-order valence-corrected chi connectivity index (χ1v) is 15.3. The molecule has 34 heavy (non-hydrogen) atoms. The molecule has 0 fully saturated rings. The molecular formula is C30H23Cl2OTi-. The second kappa shape index (κ2) is 12.4. The minimum absolute atomic E-state index is 0.140. The van der Waals surface area contributed by atoms with E-state index in [-0.39, 0.29) is 6.61 Å². The zero-order valence-electron chi connectivity index (χ0n) is 18.5. The number of halogens is 2. The van der Waals surface area contributed by atoms with Crippen molar-refractivity contribution in [1.82, 2.24) is 0 Å². The molecule has 168 valence electrons. The molecule has 0 saturated heterocycles. The average Bonchev–Trinajstić information content (AvgIpc) is 3.29. The Kier molecular flexibility index (Phi) is 8.99. The first kappa shape index (κ1) is 24.7. The smallest absolute Gasteiger partial charge is 0.00777 e. The van der Waals surface area contributed by atoms with Crippen LogP contribution in [0.1, 0.15) is 16.7 Å². The van der Waals surface area contributed by atoms with Crippen LogP contribution >= 0.6 is 18.6 Å². The van der Waals surface area contributed by atoms with Crippen LogP contribution < -0.4 is 0 Å². The van der Waals surface area contributed by atoms with E-state index in [4.69, 9.17) is 23.7 Å². The van der Waals surface area contributed by atoms with E-state index in [1.165, 1.54) is 44.2 Å². The van der Waals surface area contributed by atoms with Gasteiger partial charge in [0.25, 0.3) is 0 Å². The molecule has 1 aliphatic carbocycles. The van der Waals surface area contributed by atoms with Crippen LogP contribution in [0.15, 0.2) is 109 Å². The van der Waals surface area contributed by atoms with Gasteiger partial charge in [0.2, 0.25) is 0 Å². The summed E-state index contributed by atoms with van der Waals surface area (Å²) in [6.45, 7) is 0.140. The van der Waals surface area contributed by atoms with Crippen LogP contribution in [0, 0.1) is 6.07 Å². The van der Waals surface area contributed by atoms with E-state index >= 15 is 0 Å². The van der Waals surface area contributed by atoms with Gasteiger partial charge in [0.15, 0.2) is 0 Å². The summed E-state index contributed by atoms with van der Waals surface area (Å²) in [5.74, 6) is 0. The summed E-state index contributed by atoms with van der Waals surface area (Å²) in [7, 11) is 9.78. The maximum atomic E-state index is 8.54. The van der Waals surface area contributed by atoms with Crippen molar-refractivity contribution in [2.45, 2.75) is 13.0 Å². The third kappa shape index (κ3) is 5.81. The molecule has 1 aliphatic rings. The predicted molar refractivity (Wildman–Crippen MR) is 141 cm³/mol. The summed E-state index contributed by atoms with van der Waals surface area (Å²) < 4.78 is 0. The van der Waals surface area contributed by atoms with Gasteiger partial charge in [0.05, 0.1) is 6.61 Å². The van der Waals surface area contributed by atoms with Crippen molar-refractivity contribution in [3.05, 3.63) is 132 Å². The summed E-state index contributed by atoms with van der Waals surface area (Å²) >= 11 is -0.556. The molecule has 0 amide bonds. The molecule has 0 radical (unpaired) electrons. The summed E-state index contributed by atoms with van der Waals surface area (Å²) in [4.78, 5) is 0. The molecule has 0 bridgehead atoms. The summed E-state index contributed by atoms with van der Waals surface area (Å²) in [6.07, 6.45) is 1.02. The van der Waals surface area contributed by atoms with Crippen LogP contribution in [0.3, 0.4) is 0 Å². The van der Waals surface area contributed by atoms with Gasteiger partial charge in [-0.15, -0.1) is 35.2 Å². The van der Waals surface area contributed by atoms with Crippen LogP contribution in [0.25, 0.3) is 33.0 Å². The standard InChI is InChI=1S/C23H15.C7H8O.2ClH.Ti/c1-2-7-17-14-19(13-12-16(17)6-1)21-10-5-11-22-20-9-4-3-8-18(20)15-23(21)22;8-6-7-4-2-1-3-5-7;;;/h1-13H,15H2;1-5,8H,6H2;2*1H;/q-1;;;;+2/p-2. The number of rotatable bonds is 2. The van der Waals surface area contributed by atoms with Gasteiger partial charge in [-0.3, -0.25) is 0 Å². The first-order chi connectivity index (χ1) is 16.7. The van der Waals surface area contributed by atoms with Crippen LogP contribution in [0.5, 0.6) is 0 Å². The Labute approximate surface area is 217 Å². The molecule has 5 aromatic carbocycles. The van der Waals surface area contributed by atoms with E-state index in [1.807, 2.05) is 30.3 Å². The number of hydrogen-bond acceptors (Lipinski definition) is 1. The Morgan fingerprint density at radius 2 is 1.32 bits per heavy atom. The van der Waals surface area contributed by atoms with Crippen molar-refractivity contribution in [2.75, 3.05) is 0 Å².